The molecule has 6 heteroatoms. The molecular formula is C17H20FN3O2. The van der Waals surface area contributed by atoms with Crippen molar-refractivity contribution in [2.45, 2.75) is 24.8 Å². The molecule has 1 aliphatic carbocycles. The van der Waals surface area contributed by atoms with E-state index in [1.807, 2.05) is 10.8 Å². The first-order valence-corrected chi connectivity index (χ1v) is 7.78. The van der Waals surface area contributed by atoms with Crippen LogP contribution >= 0.6 is 0 Å². The number of nitrogens with one attached hydrogen (secondary N) is 1. The quantitative estimate of drug-likeness (QED) is 0.757. The number of hydrogen-bond acceptors (Lipinski definition) is 3. The normalized spacial score (nSPS) is 15.3. The lowest BCUT2D eigenvalue weighted by atomic mass is 9.95. The molecule has 122 valence electrons. The molecule has 1 aromatic heterocycles. The lowest BCUT2D eigenvalue weighted by Gasteiger charge is -2.16. The van der Waals surface area contributed by atoms with Crippen molar-refractivity contribution < 1.29 is 13.9 Å². The molecule has 1 fully saturated rings. The number of aromatic nitrogens is 2. The Labute approximate surface area is 134 Å². The summed E-state index contributed by atoms with van der Waals surface area (Å²) in [6.45, 7) is 2.27. The van der Waals surface area contributed by atoms with E-state index < -0.39 is 5.41 Å². The largest absolute Gasteiger partial charge is 0.378 e. The highest BCUT2D eigenvalue weighted by Gasteiger charge is 2.50. The predicted molar refractivity (Wildman–Crippen MR) is 83.4 cm³/mol. The maximum absolute atomic E-state index is 13.0. The number of carbonyl (C=O) groups excluding carboxylic acids is 1. The number of benzene rings is 1. The van der Waals surface area contributed by atoms with Crippen LogP contribution in [0.1, 0.15) is 18.4 Å². The van der Waals surface area contributed by atoms with Gasteiger partial charge in [-0.15, -0.1) is 0 Å². The van der Waals surface area contributed by atoms with E-state index in [0.29, 0.717) is 19.8 Å². The number of carbonyl (C=O) groups is 1. The van der Waals surface area contributed by atoms with E-state index in [0.717, 1.165) is 24.9 Å². The second kappa shape index (κ2) is 6.91. The van der Waals surface area contributed by atoms with Gasteiger partial charge in [0.2, 0.25) is 5.91 Å². The minimum Gasteiger partial charge on any atom is -0.378 e. The van der Waals surface area contributed by atoms with Gasteiger partial charge in [0, 0.05) is 25.5 Å². The van der Waals surface area contributed by atoms with Crippen molar-refractivity contribution in [3.8, 4) is 0 Å². The Morgan fingerprint density at radius 3 is 2.74 bits per heavy atom. The molecule has 1 aromatic carbocycles. The van der Waals surface area contributed by atoms with Crippen molar-refractivity contribution in [2.75, 3.05) is 19.8 Å². The van der Waals surface area contributed by atoms with Crippen molar-refractivity contribution >= 4 is 5.91 Å². The molecule has 1 saturated carbocycles. The minimum absolute atomic E-state index is 0.00215. The summed E-state index contributed by atoms with van der Waals surface area (Å²) in [7, 11) is 0. The number of rotatable bonds is 8. The lowest BCUT2D eigenvalue weighted by molar-refractivity contribution is -0.123. The topological polar surface area (TPSA) is 56.1 Å². The van der Waals surface area contributed by atoms with Gasteiger partial charge in [-0.1, -0.05) is 12.1 Å². The van der Waals surface area contributed by atoms with Crippen LogP contribution in [0.2, 0.25) is 0 Å². The number of ether oxygens (including phenoxy) is 1. The summed E-state index contributed by atoms with van der Waals surface area (Å²) in [5, 5.41) is 2.92. The minimum atomic E-state index is -0.468. The van der Waals surface area contributed by atoms with Crippen molar-refractivity contribution in [2.24, 2.45) is 0 Å². The van der Waals surface area contributed by atoms with Crippen LogP contribution in [0.4, 0.5) is 4.39 Å². The van der Waals surface area contributed by atoms with Crippen LogP contribution in [-0.2, 0) is 21.5 Å². The maximum atomic E-state index is 13.0. The maximum Gasteiger partial charge on any atom is 0.230 e. The molecule has 23 heavy (non-hydrogen) atoms. The summed E-state index contributed by atoms with van der Waals surface area (Å²) in [4.78, 5) is 16.3. The average molecular weight is 317 g/mol. The SMILES string of the molecule is O=C(NCCOCCn1ccnc1)C1(c2ccc(F)cc2)CC1. The molecule has 1 aliphatic rings. The third-order valence-electron chi connectivity index (χ3n) is 4.17. The zero-order valence-electron chi connectivity index (χ0n) is 12.9. The molecule has 1 heterocycles. The van der Waals surface area contributed by atoms with Gasteiger partial charge in [-0.25, -0.2) is 9.37 Å². The van der Waals surface area contributed by atoms with Gasteiger partial charge in [0.05, 0.1) is 25.0 Å². The van der Waals surface area contributed by atoms with Crippen molar-refractivity contribution in [1.29, 1.82) is 0 Å². The van der Waals surface area contributed by atoms with E-state index in [9.17, 15) is 9.18 Å². The van der Waals surface area contributed by atoms with Crippen LogP contribution in [0.15, 0.2) is 43.0 Å². The van der Waals surface area contributed by atoms with E-state index >= 15 is 0 Å². The fraction of sp³-hybridized carbons (Fsp3) is 0.412. The summed E-state index contributed by atoms with van der Waals surface area (Å²) in [6.07, 6.45) is 6.97. The molecule has 5 nitrogen and oxygen atoms in total. The second-order valence-corrected chi connectivity index (χ2v) is 5.76. The van der Waals surface area contributed by atoms with E-state index in [4.69, 9.17) is 4.74 Å². The monoisotopic (exact) mass is 317 g/mol. The van der Waals surface area contributed by atoms with Gasteiger partial charge in [-0.05, 0) is 30.5 Å². The fourth-order valence-corrected chi connectivity index (χ4v) is 2.64. The first-order chi connectivity index (χ1) is 11.2. The van der Waals surface area contributed by atoms with Gasteiger partial charge < -0.3 is 14.6 Å². The lowest BCUT2D eigenvalue weighted by Crippen LogP contribution is -2.36. The summed E-state index contributed by atoms with van der Waals surface area (Å²) in [5.41, 5.74) is 0.419. The molecule has 0 spiro atoms. The van der Waals surface area contributed by atoms with Gasteiger partial charge in [0.25, 0.3) is 0 Å². The molecule has 0 radical (unpaired) electrons. The molecule has 0 aliphatic heterocycles. The van der Waals surface area contributed by atoms with Crippen molar-refractivity contribution in [1.82, 2.24) is 14.9 Å². The number of halogens is 1. The van der Waals surface area contributed by atoms with Crippen molar-refractivity contribution in [3.63, 3.8) is 0 Å². The first-order valence-electron chi connectivity index (χ1n) is 7.78. The van der Waals surface area contributed by atoms with Crippen LogP contribution in [0.25, 0.3) is 0 Å². The molecule has 3 rings (SSSR count). The average Bonchev–Trinajstić information content (AvgIpc) is 3.21. The summed E-state index contributed by atoms with van der Waals surface area (Å²) >= 11 is 0. The number of amides is 1. The van der Waals surface area contributed by atoms with Crippen LogP contribution in [0, 0.1) is 5.82 Å². The fourth-order valence-electron chi connectivity index (χ4n) is 2.64. The van der Waals surface area contributed by atoms with Gasteiger partial charge in [-0.3, -0.25) is 4.79 Å². The molecule has 0 unspecified atom stereocenters. The van der Waals surface area contributed by atoms with E-state index in [1.54, 1.807) is 24.7 Å². The molecule has 0 bridgehead atoms. The predicted octanol–water partition coefficient (Wildman–Crippen LogP) is 1.89. The molecule has 0 atom stereocenters. The van der Waals surface area contributed by atoms with E-state index in [1.165, 1.54) is 12.1 Å². The molecule has 1 amide bonds. The molecular weight excluding hydrogens is 297 g/mol. The molecule has 2 aromatic rings. The smallest absolute Gasteiger partial charge is 0.230 e. The van der Waals surface area contributed by atoms with E-state index in [2.05, 4.69) is 10.3 Å². The highest BCUT2D eigenvalue weighted by molar-refractivity contribution is 5.91. The molecule has 0 saturated heterocycles. The van der Waals surface area contributed by atoms with Gasteiger partial charge in [0.15, 0.2) is 0 Å². The number of imidazole rings is 1. The molecule has 1 N–H and O–H groups in total. The van der Waals surface area contributed by atoms with Crippen LogP contribution in [0.5, 0.6) is 0 Å². The van der Waals surface area contributed by atoms with Crippen molar-refractivity contribution in [3.05, 3.63) is 54.4 Å². The third-order valence-corrected chi connectivity index (χ3v) is 4.17. The number of hydrogen-bond donors (Lipinski definition) is 1. The third kappa shape index (κ3) is 3.76. The zero-order chi connectivity index (χ0) is 16.1. The van der Waals surface area contributed by atoms with Crippen LogP contribution in [-0.4, -0.2) is 35.2 Å². The Bertz CT molecular complexity index is 636. The van der Waals surface area contributed by atoms with Gasteiger partial charge in [-0.2, -0.15) is 0 Å². The Hall–Kier alpha value is -2.21. The Kier molecular flexibility index (Phi) is 4.71. The number of nitrogens with zero attached hydrogens (tertiary/aromatic N) is 2. The first kappa shape index (κ1) is 15.7. The second-order valence-electron chi connectivity index (χ2n) is 5.76. The standard InChI is InChI=1S/C17H20FN3O2/c18-15-3-1-14(2-4-15)17(5-6-17)16(22)20-8-11-23-12-10-21-9-7-19-13-21/h1-4,7,9,13H,5-6,8,10-12H2,(H,20,22). The zero-order valence-corrected chi connectivity index (χ0v) is 12.9. The van der Waals surface area contributed by atoms with E-state index in [-0.39, 0.29) is 11.7 Å². The summed E-state index contributed by atoms with van der Waals surface area (Å²) in [5.74, 6) is -0.279. The van der Waals surface area contributed by atoms with Gasteiger partial charge in [0.1, 0.15) is 5.82 Å². The Morgan fingerprint density at radius 1 is 1.30 bits per heavy atom. The highest BCUT2D eigenvalue weighted by Crippen LogP contribution is 2.48. The highest BCUT2D eigenvalue weighted by atomic mass is 19.1. The van der Waals surface area contributed by atoms with Crippen LogP contribution in [0.3, 0.4) is 0 Å². The Morgan fingerprint density at radius 2 is 2.09 bits per heavy atom. The van der Waals surface area contributed by atoms with Crippen LogP contribution < -0.4 is 5.32 Å². The van der Waals surface area contributed by atoms with Gasteiger partial charge >= 0.3 is 0 Å². The summed E-state index contributed by atoms with van der Waals surface area (Å²) < 4.78 is 20.4. The summed E-state index contributed by atoms with van der Waals surface area (Å²) in [6, 6.07) is 6.21. The Balaban J connectivity index is 1.38.